The molecule has 3 heterocycles. The Morgan fingerprint density at radius 2 is 1.91 bits per heavy atom. The molecule has 6 nitrogen and oxygen atoms in total. The zero-order chi connectivity index (χ0) is 23.7. The number of hydrogen-bond donors (Lipinski definition) is 1. The number of carbonyl (C=O) groups is 1. The van der Waals surface area contributed by atoms with Crippen molar-refractivity contribution in [2.45, 2.75) is 26.3 Å². The molecular formula is C26H25FN4O2S. The number of carbonyl (C=O) groups excluding carboxylic acids is 1. The van der Waals surface area contributed by atoms with Gasteiger partial charge in [-0.15, -0.1) is 11.3 Å². The first-order valence-electron chi connectivity index (χ1n) is 11.3. The number of rotatable bonds is 5. The highest BCUT2D eigenvalue weighted by atomic mass is 32.1. The monoisotopic (exact) mass is 476 g/mol. The summed E-state index contributed by atoms with van der Waals surface area (Å²) in [6.07, 6.45) is 1.58. The topological polar surface area (TPSA) is 67.2 Å². The van der Waals surface area contributed by atoms with E-state index in [-0.39, 0.29) is 23.2 Å². The van der Waals surface area contributed by atoms with Crippen LogP contribution in [0.3, 0.4) is 0 Å². The van der Waals surface area contributed by atoms with Crippen LogP contribution in [0.2, 0.25) is 0 Å². The molecule has 1 atom stereocenters. The molecule has 0 aliphatic carbocycles. The van der Waals surface area contributed by atoms with Crippen LogP contribution in [0.5, 0.6) is 0 Å². The van der Waals surface area contributed by atoms with Crippen molar-refractivity contribution in [1.82, 2.24) is 14.9 Å². The second-order valence-corrected chi connectivity index (χ2v) is 9.57. The van der Waals surface area contributed by atoms with E-state index in [1.165, 1.54) is 23.5 Å². The maximum Gasteiger partial charge on any atom is 0.277 e. The molecule has 2 aromatic carbocycles. The Morgan fingerprint density at radius 1 is 1.15 bits per heavy atom. The Labute approximate surface area is 200 Å². The largest absolute Gasteiger partial charge is 0.352 e. The average Bonchev–Trinajstić information content (AvgIpc) is 3.33. The number of halogens is 1. The van der Waals surface area contributed by atoms with Gasteiger partial charge in [-0.25, -0.2) is 13.9 Å². The lowest BCUT2D eigenvalue weighted by Crippen LogP contribution is -2.45. The Balaban J connectivity index is 1.42. The Hall–Kier alpha value is -3.52. The fourth-order valence-corrected chi connectivity index (χ4v) is 5.11. The van der Waals surface area contributed by atoms with Gasteiger partial charge in [-0.05, 0) is 61.0 Å². The fraction of sp³-hybridized carbons (Fsp3) is 0.269. The van der Waals surface area contributed by atoms with Gasteiger partial charge in [-0.2, -0.15) is 0 Å². The number of nitrogens with one attached hydrogen (secondary N) is 1. The molecule has 1 N–H and O–H groups in total. The molecule has 1 aliphatic heterocycles. The van der Waals surface area contributed by atoms with Crippen molar-refractivity contribution >= 4 is 33.4 Å². The number of fused-ring (bicyclic) bond motifs is 1. The minimum Gasteiger partial charge on any atom is -0.352 e. The van der Waals surface area contributed by atoms with E-state index in [1.807, 2.05) is 47.5 Å². The molecule has 0 bridgehead atoms. The lowest BCUT2D eigenvalue weighted by molar-refractivity contribution is -0.125. The summed E-state index contributed by atoms with van der Waals surface area (Å²) >= 11 is 1.39. The molecular weight excluding hydrogens is 451 g/mol. The molecule has 174 valence electrons. The van der Waals surface area contributed by atoms with Crippen LogP contribution in [0.4, 0.5) is 10.3 Å². The first-order valence-corrected chi connectivity index (χ1v) is 12.2. The van der Waals surface area contributed by atoms with Gasteiger partial charge in [0, 0.05) is 19.6 Å². The van der Waals surface area contributed by atoms with Gasteiger partial charge in [-0.3, -0.25) is 9.59 Å². The smallest absolute Gasteiger partial charge is 0.277 e. The van der Waals surface area contributed by atoms with Crippen molar-refractivity contribution in [3.63, 3.8) is 0 Å². The fourth-order valence-electron chi connectivity index (χ4n) is 4.35. The summed E-state index contributed by atoms with van der Waals surface area (Å²) in [6, 6.07) is 15.8. The van der Waals surface area contributed by atoms with Crippen LogP contribution >= 0.6 is 11.3 Å². The zero-order valence-corrected chi connectivity index (χ0v) is 19.6. The zero-order valence-electron chi connectivity index (χ0n) is 18.8. The maximum absolute atomic E-state index is 13.4. The third-order valence-electron chi connectivity index (χ3n) is 6.21. The van der Waals surface area contributed by atoms with Crippen LogP contribution in [0, 0.1) is 18.7 Å². The lowest BCUT2D eigenvalue weighted by atomic mass is 9.97. The van der Waals surface area contributed by atoms with Gasteiger partial charge in [0.25, 0.3) is 5.56 Å². The third kappa shape index (κ3) is 4.46. The number of anilines is 1. The highest BCUT2D eigenvalue weighted by Crippen LogP contribution is 2.26. The van der Waals surface area contributed by atoms with Gasteiger partial charge in [0.1, 0.15) is 10.5 Å². The van der Waals surface area contributed by atoms with Crippen LogP contribution in [-0.2, 0) is 11.3 Å². The number of thiophene rings is 1. The Morgan fingerprint density at radius 3 is 2.68 bits per heavy atom. The number of benzene rings is 2. The van der Waals surface area contributed by atoms with Gasteiger partial charge < -0.3 is 10.2 Å². The molecule has 5 rings (SSSR count). The number of hydrogen-bond acceptors (Lipinski definition) is 5. The molecule has 1 fully saturated rings. The number of aromatic nitrogens is 2. The van der Waals surface area contributed by atoms with Crippen molar-refractivity contribution in [3.8, 4) is 5.69 Å². The molecule has 2 aromatic heterocycles. The first-order chi connectivity index (χ1) is 16.5. The molecule has 0 radical (unpaired) electrons. The Bertz CT molecular complexity index is 1380. The minimum absolute atomic E-state index is 0.0464. The summed E-state index contributed by atoms with van der Waals surface area (Å²) in [7, 11) is 0. The quantitative estimate of drug-likeness (QED) is 0.463. The molecule has 34 heavy (non-hydrogen) atoms. The summed E-state index contributed by atoms with van der Waals surface area (Å²) in [5.74, 6) is -0.00545. The van der Waals surface area contributed by atoms with Crippen LogP contribution in [0.1, 0.15) is 24.0 Å². The van der Waals surface area contributed by atoms with E-state index in [0.717, 1.165) is 36.2 Å². The van der Waals surface area contributed by atoms with E-state index in [2.05, 4.69) is 5.32 Å². The molecule has 0 unspecified atom stereocenters. The van der Waals surface area contributed by atoms with E-state index >= 15 is 0 Å². The first kappa shape index (κ1) is 22.3. The van der Waals surface area contributed by atoms with E-state index in [9.17, 15) is 14.0 Å². The normalized spacial score (nSPS) is 16.1. The lowest BCUT2D eigenvalue weighted by Gasteiger charge is -2.34. The predicted octanol–water partition coefficient (Wildman–Crippen LogP) is 4.43. The molecule has 1 amide bonds. The summed E-state index contributed by atoms with van der Waals surface area (Å²) in [5.41, 5.74) is 3.30. The van der Waals surface area contributed by atoms with Gasteiger partial charge in [0.2, 0.25) is 11.9 Å². The second-order valence-electron chi connectivity index (χ2n) is 8.65. The van der Waals surface area contributed by atoms with Crippen molar-refractivity contribution in [2.24, 2.45) is 5.92 Å². The summed E-state index contributed by atoms with van der Waals surface area (Å²) in [4.78, 5) is 33.3. The summed E-state index contributed by atoms with van der Waals surface area (Å²) in [6.45, 7) is 3.55. The van der Waals surface area contributed by atoms with Crippen molar-refractivity contribution in [2.75, 3.05) is 18.0 Å². The second kappa shape index (κ2) is 9.38. The number of nitrogens with zero attached hydrogens (tertiary/aromatic N) is 3. The minimum atomic E-state index is -0.298. The average molecular weight is 477 g/mol. The van der Waals surface area contributed by atoms with Gasteiger partial charge in [-0.1, -0.05) is 29.8 Å². The maximum atomic E-state index is 13.4. The standard InChI is InChI=1S/C26H25FN4O2S/c1-17-4-10-21(11-5-17)31-25(33)23-22(12-14-34-23)29-26(31)30-13-2-3-19(16-30)24(32)28-15-18-6-8-20(27)9-7-18/h4-12,14,19H,2-3,13,15-16H2,1H3,(H,28,32)/t19-/m0/s1. The third-order valence-corrected chi connectivity index (χ3v) is 7.10. The van der Waals surface area contributed by atoms with Crippen molar-refractivity contribution < 1.29 is 9.18 Å². The van der Waals surface area contributed by atoms with Crippen LogP contribution in [-0.4, -0.2) is 28.5 Å². The molecule has 0 spiro atoms. The van der Waals surface area contributed by atoms with Crippen LogP contribution in [0.25, 0.3) is 15.9 Å². The van der Waals surface area contributed by atoms with E-state index in [0.29, 0.717) is 29.3 Å². The predicted molar refractivity (Wildman–Crippen MR) is 133 cm³/mol. The number of piperidine rings is 1. The molecule has 0 saturated carbocycles. The van der Waals surface area contributed by atoms with E-state index < -0.39 is 0 Å². The summed E-state index contributed by atoms with van der Waals surface area (Å²) in [5, 5.41) is 4.85. The van der Waals surface area contributed by atoms with Gasteiger partial charge in [0.15, 0.2) is 0 Å². The molecule has 1 aliphatic rings. The van der Waals surface area contributed by atoms with E-state index in [4.69, 9.17) is 4.98 Å². The van der Waals surface area contributed by atoms with Crippen molar-refractivity contribution in [1.29, 1.82) is 0 Å². The highest BCUT2D eigenvalue weighted by Gasteiger charge is 2.29. The highest BCUT2D eigenvalue weighted by molar-refractivity contribution is 7.17. The molecule has 1 saturated heterocycles. The summed E-state index contributed by atoms with van der Waals surface area (Å²) < 4.78 is 15.4. The number of amides is 1. The molecule has 4 aromatic rings. The van der Waals surface area contributed by atoms with Gasteiger partial charge in [0.05, 0.1) is 17.1 Å². The van der Waals surface area contributed by atoms with Gasteiger partial charge >= 0.3 is 0 Å². The van der Waals surface area contributed by atoms with Crippen LogP contribution in [0.15, 0.2) is 64.8 Å². The SMILES string of the molecule is Cc1ccc(-n2c(N3CCC[C@H](C(=O)NCc4ccc(F)cc4)C3)nc3ccsc3c2=O)cc1. The molecule has 8 heteroatoms. The van der Waals surface area contributed by atoms with Crippen LogP contribution < -0.4 is 15.8 Å². The number of aryl methyl sites for hydroxylation is 1. The van der Waals surface area contributed by atoms with E-state index in [1.54, 1.807) is 16.7 Å². The van der Waals surface area contributed by atoms with Crippen molar-refractivity contribution in [3.05, 3.63) is 87.3 Å². The Kier molecular flexibility index (Phi) is 6.15.